The third-order valence-electron chi connectivity index (χ3n) is 4.89. The summed E-state index contributed by atoms with van der Waals surface area (Å²) >= 11 is 0. The SMILES string of the molecule is CC(Oc1ccc(S(C)(=O)=O)cc1C(=O)N1CCC(c2nc(C(F)(F)F)no2)C1)C(F)(F)F. The third kappa shape index (κ3) is 5.57. The summed E-state index contributed by atoms with van der Waals surface area (Å²) in [5.41, 5.74) is -0.434. The Morgan fingerprint density at radius 1 is 1.24 bits per heavy atom. The minimum absolute atomic E-state index is 0.00456. The number of benzene rings is 1. The predicted octanol–water partition coefficient (Wildman–Crippen LogP) is 3.45. The van der Waals surface area contributed by atoms with E-state index in [1.54, 1.807) is 0 Å². The van der Waals surface area contributed by atoms with Gasteiger partial charge in [0.15, 0.2) is 15.9 Å². The molecular weight excluding hydrogens is 484 g/mol. The van der Waals surface area contributed by atoms with Crippen LogP contribution in [0.3, 0.4) is 0 Å². The number of hydrogen-bond acceptors (Lipinski definition) is 7. The molecule has 8 nitrogen and oxygen atoms in total. The van der Waals surface area contributed by atoms with Crippen molar-refractivity contribution in [2.45, 2.75) is 42.6 Å². The molecule has 0 radical (unpaired) electrons. The summed E-state index contributed by atoms with van der Waals surface area (Å²) in [5, 5.41) is 2.86. The van der Waals surface area contributed by atoms with E-state index < -0.39 is 57.3 Å². The molecular formula is C18H17F6N3O5S. The van der Waals surface area contributed by atoms with Gasteiger partial charge in [0, 0.05) is 19.3 Å². The van der Waals surface area contributed by atoms with Crippen LogP contribution in [-0.4, -0.2) is 61.0 Å². The number of likely N-dealkylation sites (tertiary alicyclic amines) is 1. The van der Waals surface area contributed by atoms with E-state index in [0.717, 1.165) is 36.3 Å². The van der Waals surface area contributed by atoms with Crippen LogP contribution >= 0.6 is 0 Å². The lowest BCUT2D eigenvalue weighted by Crippen LogP contribution is -2.33. The molecule has 2 heterocycles. The molecule has 1 aromatic carbocycles. The number of halogens is 6. The van der Waals surface area contributed by atoms with Gasteiger partial charge in [-0.05, 0) is 31.5 Å². The van der Waals surface area contributed by atoms with Crippen molar-refractivity contribution in [3.8, 4) is 5.75 Å². The highest BCUT2D eigenvalue weighted by molar-refractivity contribution is 7.90. The van der Waals surface area contributed by atoms with Crippen LogP contribution in [0.5, 0.6) is 5.75 Å². The first-order chi connectivity index (χ1) is 15.1. The number of aromatic nitrogens is 2. The fourth-order valence-corrected chi connectivity index (χ4v) is 3.75. The number of alkyl halides is 6. The Balaban J connectivity index is 1.88. The van der Waals surface area contributed by atoms with Gasteiger partial charge >= 0.3 is 12.4 Å². The molecule has 1 aliphatic rings. The zero-order chi connectivity index (χ0) is 24.8. The summed E-state index contributed by atoms with van der Waals surface area (Å²) in [5.74, 6) is -3.90. The Hall–Kier alpha value is -2.84. The monoisotopic (exact) mass is 501 g/mol. The highest BCUT2D eigenvalue weighted by atomic mass is 32.2. The predicted molar refractivity (Wildman–Crippen MR) is 98.3 cm³/mol. The second kappa shape index (κ2) is 8.50. The lowest BCUT2D eigenvalue weighted by molar-refractivity contribution is -0.189. The van der Waals surface area contributed by atoms with E-state index in [0.29, 0.717) is 0 Å². The molecule has 1 saturated heterocycles. The molecule has 0 saturated carbocycles. The van der Waals surface area contributed by atoms with Crippen molar-refractivity contribution < 1.29 is 48.8 Å². The second-order valence-corrected chi connectivity index (χ2v) is 9.44. The molecule has 2 atom stereocenters. The van der Waals surface area contributed by atoms with Crippen LogP contribution in [0.15, 0.2) is 27.6 Å². The summed E-state index contributed by atoms with van der Waals surface area (Å²) in [6.45, 7) is 0.554. The summed E-state index contributed by atoms with van der Waals surface area (Å²) in [6, 6.07) is 2.86. The number of carbonyl (C=O) groups is 1. The van der Waals surface area contributed by atoms with Gasteiger partial charge in [-0.1, -0.05) is 5.16 Å². The van der Waals surface area contributed by atoms with E-state index in [1.165, 1.54) is 0 Å². The first-order valence-electron chi connectivity index (χ1n) is 9.35. The minimum Gasteiger partial charge on any atom is -0.480 e. The molecule has 1 aromatic heterocycles. The Morgan fingerprint density at radius 2 is 1.91 bits per heavy atom. The van der Waals surface area contributed by atoms with Gasteiger partial charge in [0.2, 0.25) is 5.89 Å². The van der Waals surface area contributed by atoms with Crippen molar-refractivity contribution in [3.63, 3.8) is 0 Å². The van der Waals surface area contributed by atoms with E-state index in [1.807, 2.05) is 0 Å². The molecule has 0 aliphatic carbocycles. The maximum absolute atomic E-state index is 13.0. The van der Waals surface area contributed by atoms with E-state index in [9.17, 15) is 39.6 Å². The topological polar surface area (TPSA) is 103 Å². The molecule has 0 spiro atoms. The van der Waals surface area contributed by atoms with Gasteiger partial charge in [-0.3, -0.25) is 4.79 Å². The molecule has 0 bridgehead atoms. The van der Waals surface area contributed by atoms with Crippen molar-refractivity contribution in [1.29, 1.82) is 0 Å². The van der Waals surface area contributed by atoms with Crippen LogP contribution in [0.1, 0.15) is 41.3 Å². The molecule has 1 amide bonds. The summed E-state index contributed by atoms with van der Waals surface area (Å²) in [7, 11) is -3.81. The van der Waals surface area contributed by atoms with Gasteiger partial charge in [-0.25, -0.2) is 8.42 Å². The maximum atomic E-state index is 13.0. The highest BCUT2D eigenvalue weighted by Crippen LogP contribution is 2.34. The van der Waals surface area contributed by atoms with Gasteiger partial charge < -0.3 is 14.2 Å². The standard InChI is InChI=1S/C18H17F6N3O5S/c1-9(17(19,20)21)31-13-4-3-11(33(2,29)30)7-12(13)15(28)27-6-5-10(8-27)14-25-16(26-32-14)18(22,23)24/h3-4,7,9-10H,5-6,8H2,1-2H3. The molecule has 1 aliphatic heterocycles. The van der Waals surface area contributed by atoms with Crippen molar-refractivity contribution in [2.75, 3.05) is 19.3 Å². The lowest BCUT2D eigenvalue weighted by Gasteiger charge is -2.22. The third-order valence-corrected chi connectivity index (χ3v) is 6.00. The van der Waals surface area contributed by atoms with Crippen molar-refractivity contribution >= 4 is 15.7 Å². The maximum Gasteiger partial charge on any atom is 0.455 e. The minimum atomic E-state index is -4.82. The molecule has 3 rings (SSSR count). The zero-order valence-electron chi connectivity index (χ0n) is 17.1. The molecule has 182 valence electrons. The van der Waals surface area contributed by atoms with Crippen LogP contribution in [0.2, 0.25) is 0 Å². The average molecular weight is 501 g/mol. The average Bonchev–Trinajstić information content (AvgIpc) is 3.35. The quantitative estimate of drug-likeness (QED) is 0.579. The zero-order valence-corrected chi connectivity index (χ0v) is 17.9. The Labute approximate surface area is 183 Å². The number of nitrogens with zero attached hydrogens (tertiary/aromatic N) is 3. The van der Waals surface area contributed by atoms with Crippen molar-refractivity contribution in [2.24, 2.45) is 0 Å². The fourth-order valence-electron chi connectivity index (χ4n) is 3.10. The van der Waals surface area contributed by atoms with Gasteiger partial charge in [0.25, 0.3) is 11.7 Å². The van der Waals surface area contributed by atoms with Gasteiger partial charge in [0.1, 0.15) is 5.75 Å². The molecule has 2 aromatic rings. The Morgan fingerprint density at radius 3 is 2.45 bits per heavy atom. The molecule has 2 unspecified atom stereocenters. The molecule has 15 heteroatoms. The van der Waals surface area contributed by atoms with Crippen LogP contribution in [0.4, 0.5) is 26.3 Å². The van der Waals surface area contributed by atoms with Crippen LogP contribution in [0.25, 0.3) is 0 Å². The first kappa shape index (κ1) is 24.8. The number of hydrogen-bond donors (Lipinski definition) is 0. The van der Waals surface area contributed by atoms with Gasteiger partial charge in [-0.15, -0.1) is 0 Å². The van der Waals surface area contributed by atoms with E-state index >= 15 is 0 Å². The second-order valence-electron chi connectivity index (χ2n) is 7.42. The summed E-state index contributed by atoms with van der Waals surface area (Å²) in [6.07, 6.45) is -10.9. The smallest absolute Gasteiger partial charge is 0.455 e. The Bertz CT molecular complexity index is 1150. The number of sulfone groups is 1. The summed E-state index contributed by atoms with van der Waals surface area (Å²) < 4.78 is 110. The van der Waals surface area contributed by atoms with Crippen molar-refractivity contribution in [1.82, 2.24) is 15.0 Å². The Kier molecular flexibility index (Phi) is 6.39. The van der Waals surface area contributed by atoms with Gasteiger partial charge in [-0.2, -0.15) is 31.3 Å². The van der Waals surface area contributed by atoms with E-state index in [2.05, 4.69) is 14.7 Å². The first-order valence-corrected chi connectivity index (χ1v) is 11.2. The number of ether oxygens (including phenoxy) is 1. The van der Waals surface area contributed by atoms with Crippen LogP contribution in [-0.2, 0) is 16.0 Å². The van der Waals surface area contributed by atoms with E-state index in [4.69, 9.17) is 4.74 Å². The van der Waals surface area contributed by atoms with E-state index in [-0.39, 0.29) is 30.3 Å². The van der Waals surface area contributed by atoms with Crippen molar-refractivity contribution in [3.05, 3.63) is 35.5 Å². The normalized spacial score (nSPS) is 18.4. The van der Waals surface area contributed by atoms with Crippen LogP contribution in [0, 0.1) is 0 Å². The molecule has 1 fully saturated rings. The van der Waals surface area contributed by atoms with Crippen LogP contribution < -0.4 is 4.74 Å². The molecule has 33 heavy (non-hydrogen) atoms. The van der Waals surface area contributed by atoms with Gasteiger partial charge in [0.05, 0.1) is 16.4 Å². The highest BCUT2D eigenvalue weighted by Gasteiger charge is 2.41. The number of carbonyl (C=O) groups excluding carboxylic acids is 1. The fraction of sp³-hybridized carbons (Fsp3) is 0.500. The number of amides is 1. The molecule has 0 N–H and O–H groups in total. The summed E-state index contributed by atoms with van der Waals surface area (Å²) in [4.78, 5) is 17.1. The lowest BCUT2D eigenvalue weighted by atomic mass is 10.1. The number of rotatable bonds is 5. The largest absolute Gasteiger partial charge is 0.480 e.